The lowest BCUT2D eigenvalue weighted by Crippen LogP contribution is -2.29. The SMILES string of the molecule is C=CCOC(=O)/C(C#N)=C1\SC(CCc2cccs2)C(=O)N1CC.C=CCOC(=O)/C(C#N)=C1\SC(CCc2cccs2)C(=O)N1CC. The number of esters is 2. The average Bonchev–Trinajstić information content (AvgIpc) is 3.91. The van der Waals surface area contributed by atoms with Gasteiger partial charge >= 0.3 is 11.9 Å². The van der Waals surface area contributed by atoms with Crippen molar-refractivity contribution in [1.29, 1.82) is 10.5 Å². The molecule has 0 bridgehead atoms. The van der Waals surface area contributed by atoms with Crippen molar-refractivity contribution < 1.29 is 28.7 Å². The summed E-state index contributed by atoms with van der Waals surface area (Å²) in [6.45, 7) is 11.5. The first-order valence-electron chi connectivity index (χ1n) is 15.1. The monoisotopic (exact) mass is 724 g/mol. The third kappa shape index (κ3) is 9.97. The Kier molecular flexibility index (Phi) is 15.7. The zero-order valence-electron chi connectivity index (χ0n) is 26.7. The molecule has 0 saturated carbocycles. The first-order chi connectivity index (χ1) is 23.2. The molecule has 2 atom stereocenters. The molecule has 2 aliphatic rings. The number of thioether (sulfide) groups is 2. The second kappa shape index (κ2) is 19.7. The highest BCUT2D eigenvalue weighted by Gasteiger charge is 2.40. The fourth-order valence-corrected chi connectivity index (χ4v) is 8.73. The summed E-state index contributed by atoms with van der Waals surface area (Å²) in [6, 6.07) is 11.8. The van der Waals surface area contributed by atoms with Crippen molar-refractivity contribution in [2.24, 2.45) is 0 Å². The number of aryl methyl sites for hydroxylation is 2. The molecule has 14 heteroatoms. The quantitative estimate of drug-likeness (QED) is 0.0955. The predicted octanol–water partition coefficient (Wildman–Crippen LogP) is 6.22. The molecule has 2 aromatic heterocycles. The summed E-state index contributed by atoms with van der Waals surface area (Å²) >= 11 is 5.87. The van der Waals surface area contributed by atoms with Crippen LogP contribution in [0.15, 0.2) is 81.5 Å². The van der Waals surface area contributed by atoms with Gasteiger partial charge in [-0.15, -0.1) is 22.7 Å². The van der Waals surface area contributed by atoms with Crippen molar-refractivity contribution in [3.8, 4) is 12.1 Å². The summed E-state index contributed by atoms with van der Waals surface area (Å²) < 4.78 is 9.90. The van der Waals surface area contributed by atoms with Crippen LogP contribution in [0, 0.1) is 22.7 Å². The number of carbonyl (C=O) groups excluding carboxylic acids is 4. The zero-order valence-corrected chi connectivity index (χ0v) is 30.0. The lowest BCUT2D eigenvalue weighted by Gasteiger charge is -2.15. The van der Waals surface area contributed by atoms with E-state index in [-0.39, 0.29) is 46.7 Å². The standard InChI is InChI=1S/2C17H18N2O3S2/c2*1-3-9-22-17(21)13(11-18)16-19(4-2)15(20)14(24-16)8-7-12-6-5-10-23-12/h2*3,5-6,10,14H,1,4,7-9H2,2H3/b2*16-13-. The van der Waals surface area contributed by atoms with Crippen LogP contribution in [-0.4, -0.2) is 70.4 Å². The van der Waals surface area contributed by atoms with E-state index < -0.39 is 11.9 Å². The Labute approximate surface area is 297 Å². The van der Waals surface area contributed by atoms with E-state index in [1.54, 1.807) is 22.7 Å². The number of amides is 2. The zero-order chi connectivity index (χ0) is 35.1. The molecular weight excluding hydrogens is 689 g/mol. The molecule has 2 aliphatic heterocycles. The Bertz CT molecular complexity index is 1500. The largest absolute Gasteiger partial charge is 0.457 e. The maximum Gasteiger partial charge on any atom is 0.351 e. The van der Waals surface area contributed by atoms with Crippen LogP contribution in [-0.2, 0) is 41.5 Å². The van der Waals surface area contributed by atoms with Crippen molar-refractivity contribution in [1.82, 2.24) is 9.80 Å². The highest BCUT2D eigenvalue weighted by Crippen LogP contribution is 2.40. The van der Waals surface area contributed by atoms with Gasteiger partial charge in [-0.05, 0) is 62.4 Å². The summed E-state index contributed by atoms with van der Waals surface area (Å²) in [7, 11) is 0. The Morgan fingerprint density at radius 3 is 1.48 bits per heavy atom. The summed E-state index contributed by atoms with van der Waals surface area (Å²) in [5, 5.41) is 22.9. The molecule has 2 saturated heterocycles. The first-order valence-corrected chi connectivity index (χ1v) is 18.6. The molecule has 10 nitrogen and oxygen atoms in total. The van der Waals surface area contributed by atoms with E-state index in [1.807, 2.05) is 61.0 Å². The van der Waals surface area contributed by atoms with Crippen molar-refractivity contribution in [3.63, 3.8) is 0 Å². The summed E-state index contributed by atoms with van der Waals surface area (Å²) in [4.78, 5) is 54.6. The van der Waals surface area contributed by atoms with Gasteiger partial charge in [0.2, 0.25) is 11.8 Å². The summed E-state index contributed by atoms with van der Waals surface area (Å²) in [5.41, 5.74) is -0.230. The van der Waals surface area contributed by atoms with E-state index >= 15 is 0 Å². The van der Waals surface area contributed by atoms with Crippen molar-refractivity contribution >= 4 is 70.0 Å². The number of thiophene rings is 2. The molecule has 2 aromatic rings. The van der Waals surface area contributed by atoms with E-state index in [4.69, 9.17) is 9.47 Å². The van der Waals surface area contributed by atoms with Crippen LogP contribution >= 0.6 is 46.2 Å². The average molecular weight is 725 g/mol. The minimum atomic E-state index is -0.718. The molecule has 252 valence electrons. The van der Waals surface area contributed by atoms with Gasteiger partial charge in [0.05, 0.1) is 10.5 Å². The van der Waals surface area contributed by atoms with Gasteiger partial charge in [0.25, 0.3) is 0 Å². The van der Waals surface area contributed by atoms with Crippen molar-refractivity contribution in [2.75, 3.05) is 26.3 Å². The van der Waals surface area contributed by atoms with E-state index in [0.717, 1.165) is 12.8 Å². The molecule has 0 radical (unpaired) electrons. The number of carbonyl (C=O) groups is 4. The van der Waals surface area contributed by atoms with Crippen LogP contribution < -0.4 is 0 Å². The van der Waals surface area contributed by atoms with Gasteiger partial charge in [-0.3, -0.25) is 9.59 Å². The molecule has 0 aliphatic carbocycles. The second-order valence-corrected chi connectivity index (χ2v) is 14.4. The smallest absolute Gasteiger partial charge is 0.351 e. The minimum absolute atomic E-state index is 0.0316. The van der Waals surface area contributed by atoms with Gasteiger partial charge in [0, 0.05) is 22.8 Å². The molecule has 0 aromatic carbocycles. The van der Waals surface area contributed by atoms with E-state index in [9.17, 15) is 29.7 Å². The number of nitrogens with zero attached hydrogens (tertiary/aromatic N) is 4. The van der Waals surface area contributed by atoms with Gasteiger partial charge in [0.1, 0.15) is 35.4 Å². The van der Waals surface area contributed by atoms with Crippen LogP contribution in [0.2, 0.25) is 0 Å². The molecule has 0 N–H and O–H groups in total. The second-order valence-electron chi connectivity index (χ2n) is 9.97. The number of hydrogen-bond donors (Lipinski definition) is 0. The lowest BCUT2D eigenvalue weighted by molar-refractivity contribution is -0.138. The van der Waals surface area contributed by atoms with Crippen LogP contribution in [0.25, 0.3) is 0 Å². The van der Waals surface area contributed by atoms with Crippen LogP contribution in [0.4, 0.5) is 0 Å². The number of hydrogen-bond acceptors (Lipinski definition) is 12. The van der Waals surface area contributed by atoms with Gasteiger partial charge in [-0.25, -0.2) is 9.59 Å². The van der Waals surface area contributed by atoms with Crippen LogP contribution in [0.5, 0.6) is 0 Å². The maximum absolute atomic E-state index is 12.6. The number of rotatable bonds is 14. The van der Waals surface area contributed by atoms with Crippen LogP contribution in [0.1, 0.15) is 36.4 Å². The van der Waals surface area contributed by atoms with E-state index in [1.165, 1.54) is 55.2 Å². The van der Waals surface area contributed by atoms with Gasteiger partial charge in [0.15, 0.2) is 11.1 Å². The minimum Gasteiger partial charge on any atom is -0.457 e. The molecule has 2 unspecified atom stereocenters. The number of nitriles is 2. The molecule has 2 amide bonds. The predicted molar refractivity (Wildman–Crippen MR) is 190 cm³/mol. The molecule has 48 heavy (non-hydrogen) atoms. The molecule has 0 spiro atoms. The molecule has 2 fully saturated rings. The molecule has 4 rings (SSSR count). The van der Waals surface area contributed by atoms with Crippen molar-refractivity contribution in [2.45, 2.75) is 50.0 Å². The fraction of sp³-hybridized carbons (Fsp3) is 0.353. The van der Waals surface area contributed by atoms with E-state index in [2.05, 4.69) is 13.2 Å². The fourth-order valence-electron chi connectivity index (χ4n) is 4.63. The van der Waals surface area contributed by atoms with Gasteiger partial charge in [-0.1, -0.05) is 61.0 Å². The topological polar surface area (TPSA) is 141 Å². The van der Waals surface area contributed by atoms with Gasteiger partial charge < -0.3 is 19.3 Å². The summed E-state index contributed by atoms with van der Waals surface area (Å²) in [6.07, 6.45) is 5.82. The first kappa shape index (κ1) is 38.4. The Balaban J connectivity index is 0.000000260. The lowest BCUT2D eigenvalue weighted by atomic mass is 10.2. The molecule has 4 heterocycles. The third-order valence-electron chi connectivity index (χ3n) is 6.90. The van der Waals surface area contributed by atoms with Crippen molar-refractivity contribution in [3.05, 3.63) is 91.3 Å². The van der Waals surface area contributed by atoms with Gasteiger partial charge in [-0.2, -0.15) is 10.5 Å². The Morgan fingerprint density at radius 2 is 1.19 bits per heavy atom. The normalized spacial score (nSPS) is 19.1. The third-order valence-corrected chi connectivity index (χ3v) is 11.5. The van der Waals surface area contributed by atoms with E-state index in [0.29, 0.717) is 36.0 Å². The highest BCUT2D eigenvalue weighted by molar-refractivity contribution is 8.05. The Morgan fingerprint density at radius 1 is 0.792 bits per heavy atom. The maximum atomic E-state index is 12.6. The Hall–Kier alpha value is -4.08. The molecular formula is C34H36N4O6S4. The number of ether oxygens (including phenoxy) is 2. The van der Waals surface area contributed by atoms with Crippen LogP contribution in [0.3, 0.4) is 0 Å². The highest BCUT2D eigenvalue weighted by atomic mass is 32.2. The summed E-state index contributed by atoms with van der Waals surface area (Å²) in [5.74, 6) is -1.55.